The Hall–Kier alpha value is -3.35. The van der Waals surface area contributed by atoms with Crippen molar-refractivity contribution in [2.24, 2.45) is 0 Å². The predicted octanol–water partition coefficient (Wildman–Crippen LogP) is 2.60. The van der Waals surface area contributed by atoms with Crippen molar-refractivity contribution < 1.29 is 14.4 Å². The van der Waals surface area contributed by atoms with Crippen molar-refractivity contribution >= 4 is 34.9 Å². The maximum absolute atomic E-state index is 12.7. The van der Waals surface area contributed by atoms with E-state index in [1.165, 1.54) is 0 Å². The third kappa shape index (κ3) is 3.36. The van der Waals surface area contributed by atoms with Crippen molar-refractivity contribution in [3.63, 3.8) is 0 Å². The van der Waals surface area contributed by atoms with Crippen LogP contribution in [0.4, 0.5) is 21.9 Å². The van der Waals surface area contributed by atoms with Gasteiger partial charge in [-0.2, -0.15) is 0 Å². The van der Waals surface area contributed by atoms with Crippen LogP contribution in [0.25, 0.3) is 0 Å². The lowest BCUT2D eigenvalue weighted by Crippen LogP contribution is -2.27. The highest BCUT2D eigenvalue weighted by molar-refractivity contribution is 6.08. The first-order chi connectivity index (χ1) is 13.1. The number of urea groups is 1. The van der Waals surface area contributed by atoms with Crippen LogP contribution in [-0.4, -0.2) is 37.5 Å². The van der Waals surface area contributed by atoms with E-state index in [1.54, 1.807) is 40.1 Å². The molecule has 2 heterocycles. The molecule has 0 saturated carbocycles. The minimum atomic E-state index is -0.258. The van der Waals surface area contributed by atoms with Crippen molar-refractivity contribution in [1.29, 1.82) is 0 Å². The minimum absolute atomic E-state index is 0.0740. The number of rotatable bonds is 4. The molecule has 0 bridgehead atoms. The second-order valence-electron chi connectivity index (χ2n) is 6.55. The lowest BCUT2D eigenvalue weighted by atomic mass is 10.1. The first-order valence-corrected chi connectivity index (χ1v) is 9.00. The number of para-hydroxylation sites is 2. The van der Waals surface area contributed by atoms with E-state index in [2.05, 4.69) is 10.6 Å². The van der Waals surface area contributed by atoms with Crippen LogP contribution < -0.4 is 20.4 Å². The first kappa shape index (κ1) is 17.1. The van der Waals surface area contributed by atoms with Crippen LogP contribution in [0.15, 0.2) is 48.5 Å². The van der Waals surface area contributed by atoms with Crippen LogP contribution in [0.3, 0.4) is 0 Å². The smallest absolute Gasteiger partial charge is 0.321 e. The van der Waals surface area contributed by atoms with E-state index in [0.717, 1.165) is 17.8 Å². The van der Waals surface area contributed by atoms with Crippen molar-refractivity contribution in [3.8, 4) is 0 Å². The van der Waals surface area contributed by atoms with Crippen LogP contribution >= 0.6 is 0 Å². The van der Waals surface area contributed by atoms with E-state index < -0.39 is 0 Å². The number of amides is 4. The summed E-state index contributed by atoms with van der Waals surface area (Å²) in [4.78, 5) is 39.8. The lowest BCUT2D eigenvalue weighted by molar-refractivity contribution is -0.117. The second kappa shape index (κ2) is 7.11. The van der Waals surface area contributed by atoms with E-state index in [9.17, 15) is 14.4 Å². The molecule has 4 amide bonds. The van der Waals surface area contributed by atoms with Gasteiger partial charge in [-0.05, 0) is 42.8 Å². The minimum Gasteiger partial charge on any atom is -0.336 e. The molecule has 2 fully saturated rings. The zero-order valence-corrected chi connectivity index (χ0v) is 14.8. The summed E-state index contributed by atoms with van der Waals surface area (Å²) in [6.07, 6.45) is 1.36. The van der Waals surface area contributed by atoms with Gasteiger partial charge in [0.1, 0.15) is 0 Å². The van der Waals surface area contributed by atoms with Gasteiger partial charge in [0.15, 0.2) is 0 Å². The summed E-state index contributed by atoms with van der Waals surface area (Å²) in [6, 6.07) is 14.1. The fourth-order valence-electron chi connectivity index (χ4n) is 3.42. The highest BCUT2D eigenvalue weighted by Gasteiger charge is 2.24. The van der Waals surface area contributed by atoms with Gasteiger partial charge in [0, 0.05) is 37.3 Å². The third-order valence-corrected chi connectivity index (χ3v) is 4.81. The molecule has 0 radical (unpaired) electrons. The molecule has 2 N–H and O–H groups in total. The molecule has 2 aliphatic heterocycles. The summed E-state index contributed by atoms with van der Waals surface area (Å²) < 4.78 is 0. The standard InChI is InChI=1S/C20H20N4O3/c25-18-6-3-12-24(18)17-5-2-1-4-16(17)22-19(26)14-7-9-15(10-8-14)23-13-11-21-20(23)27/h1-2,4-5,7-10H,3,6,11-13H2,(H,21,27)(H,22,26). The molecular weight excluding hydrogens is 344 g/mol. The predicted molar refractivity (Wildman–Crippen MR) is 103 cm³/mol. The topological polar surface area (TPSA) is 81.8 Å². The van der Waals surface area contributed by atoms with Crippen LogP contribution in [0.1, 0.15) is 23.2 Å². The Labute approximate surface area is 157 Å². The van der Waals surface area contributed by atoms with Crippen molar-refractivity contribution in [2.75, 3.05) is 34.8 Å². The van der Waals surface area contributed by atoms with Crippen molar-refractivity contribution in [2.45, 2.75) is 12.8 Å². The summed E-state index contributed by atoms with van der Waals surface area (Å²) in [7, 11) is 0. The maximum atomic E-state index is 12.7. The van der Waals surface area contributed by atoms with E-state index in [-0.39, 0.29) is 17.8 Å². The molecule has 0 unspecified atom stereocenters. The molecule has 2 aromatic carbocycles. The van der Waals surface area contributed by atoms with E-state index >= 15 is 0 Å². The largest absolute Gasteiger partial charge is 0.336 e. The molecule has 0 atom stereocenters. The van der Waals surface area contributed by atoms with Gasteiger partial charge in [-0.1, -0.05) is 12.1 Å². The normalized spacial score (nSPS) is 16.6. The summed E-state index contributed by atoms with van der Waals surface area (Å²) >= 11 is 0. The number of hydrogen-bond donors (Lipinski definition) is 2. The number of nitrogens with one attached hydrogen (secondary N) is 2. The van der Waals surface area contributed by atoms with Gasteiger partial charge in [0.25, 0.3) is 5.91 Å². The molecule has 7 heteroatoms. The Morgan fingerprint density at radius 1 is 0.963 bits per heavy atom. The van der Waals surface area contributed by atoms with E-state index in [1.807, 2.05) is 18.2 Å². The Kier molecular flexibility index (Phi) is 4.50. The van der Waals surface area contributed by atoms with Crippen LogP contribution in [0.2, 0.25) is 0 Å². The van der Waals surface area contributed by atoms with E-state index in [0.29, 0.717) is 37.3 Å². The average molecular weight is 364 g/mol. The quantitative estimate of drug-likeness (QED) is 0.875. The van der Waals surface area contributed by atoms with Gasteiger partial charge >= 0.3 is 6.03 Å². The SMILES string of the molecule is O=C(Nc1ccccc1N1CCCC1=O)c1ccc(N2CCNC2=O)cc1. The van der Waals surface area contributed by atoms with Gasteiger partial charge in [-0.15, -0.1) is 0 Å². The van der Waals surface area contributed by atoms with Gasteiger partial charge in [0.05, 0.1) is 11.4 Å². The number of carbonyl (C=O) groups is 3. The molecule has 0 aromatic heterocycles. The summed E-state index contributed by atoms with van der Waals surface area (Å²) in [5, 5.41) is 5.65. The summed E-state index contributed by atoms with van der Waals surface area (Å²) in [6.45, 7) is 1.90. The molecule has 0 spiro atoms. The second-order valence-corrected chi connectivity index (χ2v) is 6.55. The van der Waals surface area contributed by atoms with Crippen molar-refractivity contribution in [3.05, 3.63) is 54.1 Å². The Bertz CT molecular complexity index is 894. The first-order valence-electron chi connectivity index (χ1n) is 9.00. The summed E-state index contributed by atoms with van der Waals surface area (Å²) in [5.74, 6) is -0.184. The molecule has 4 rings (SSSR count). The number of carbonyl (C=O) groups excluding carboxylic acids is 3. The van der Waals surface area contributed by atoms with Gasteiger partial charge in [0.2, 0.25) is 5.91 Å². The Balaban J connectivity index is 1.51. The van der Waals surface area contributed by atoms with E-state index in [4.69, 9.17) is 0 Å². The van der Waals surface area contributed by atoms with Gasteiger partial charge in [-0.3, -0.25) is 14.5 Å². The zero-order chi connectivity index (χ0) is 18.8. The monoisotopic (exact) mass is 364 g/mol. The number of anilines is 3. The average Bonchev–Trinajstić information content (AvgIpc) is 3.30. The van der Waals surface area contributed by atoms with Gasteiger partial charge < -0.3 is 15.5 Å². The molecule has 2 aromatic rings. The van der Waals surface area contributed by atoms with Crippen LogP contribution in [0, 0.1) is 0 Å². The number of nitrogens with zero attached hydrogens (tertiary/aromatic N) is 2. The number of hydrogen-bond acceptors (Lipinski definition) is 3. The fraction of sp³-hybridized carbons (Fsp3) is 0.250. The Morgan fingerprint density at radius 3 is 2.41 bits per heavy atom. The van der Waals surface area contributed by atoms with Crippen molar-refractivity contribution in [1.82, 2.24) is 5.32 Å². The Morgan fingerprint density at radius 2 is 1.74 bits per heavy atom. The molecule has 0 aliphatic carbocycles. The van der Waals surface area contributed by atoms with Crippen LogP contribution in [0.5, 0.6) is 0 Å². The highest BCUT2D eigenvalue weighted by Crippen LogP contribution is 2.29. The fourth-order valence-corrected chi connectivity index (χ4v) is 3.42. The molecular formula is C20H20N4O3. The lowest BCUT2D eigenvalue weighted by Gasteiger charge is -2.20. The molecule has 138 valence electrons. The molecule has 2 saturated heterocycles. The molecule has 2 aliphatic rings. The maximum Gasteiger partial charge on any atom is 0.321 e. The molecule has 7 nitrogen and oxygen atoms in total. The highest BCUT2D eigenvalue weighted by atomic mass is 16.2. The summed E-state index contributed by atoms with van der Waals surface area (Å²) in [5.41, 5.74) is 2.57. The number of benzene rings is 2. The van der Waals surface area contributed by atoms with Gasteiger partial charge in [-0.25, -0.2) is 4.79 Å². The van der Waals surface area contributed by atoms with Crippen LogP contribution in [-0.2, 0) is 4.79 Å². The molecule has 27 heavy (non-hydrogen) atoms. The third-order valence-electron chi connectivity index (χ3n) is 4.81. The zero-order valence-electron chi connectivity index (χ0n) is 14.8.